The van der Waals surface area contributed by atoms with Crippen LogP contribution < -0.4 is 0 Å². The molecule has 0 amide bonds. The van der Waals surface area contributed by atoms with Crippen LogP contribution in [-0.2, 0) is 6.42 Å². The molecule has 0 saturated carbocycles. The highest BCUT2D eigenvalue weighted by atomic mass is 35.5. The van der Waals surface area contributed by atoms with Crippen LogP contribution in [0.1, 0.15) is 11.1 Å². The van der Waals surface area contributed by atoms with E-state index in [-0.39, 0.29) is 0 Å². The standard InChI is InChI=1S/C18H12Cl2N2/c19-15-9-13-10-17(21-18(13)11-16(15)20)12-3-5-14(6-4-12)22-7-1-2-8-22/h1-9,11H,10H2. The minimum atomic E-state index is 0.549. The summed E-state index contributed by atoms with van der Waals surface area (Å²) in [6.45, 7) is 0. The Bertz CT molecular complexity index is 863. The van der Waals surface area contributed by atoms with Crippen LogP contribution in [0.5, 0.6) is 0 Å². The zero-order valence-corrected chi connectivity index (χ0v) is 13.1. The van der Waals surface area contributed by atoms with Gasteiger partial charge in [0.25, 0.3) is 0 Å². The molecule has 0 aliphatic carbocycles. The Balaban J connectivity index is 1.65. The van der Waals surface area contributed by atoms with E-state index in [2.05, 4.69) is 33.8 Å². The van der Waals surface area contributed by atoms with Gasteiger partial charge in [-0.15, -0.1) is 0 Å². The second-order valence-electron chi connectivity index (χ2n) is 5.27. The third-order valence-electron chi connectivity index (χ3n) is 3.84. The van der Waals surface area contributed by atoms with E-state index in [1.165, 1.54) is 0 Å². The first kappa shape index (κ1) is 13.6. The van der Waals surface area contributed by atoms with Crippen LogP contribution in [0.3, 0.4) is 0 Å². The fourth-order valence-electron chi connectivity index (χ4n) is 2.69. The number of halogens is 2. The van der Waals surface area contributed by atoms with Gasteiger partial charge in [0, 0.05) is 24.5 Å². The maximum atomic E-state index is 6.08. The Morgan fingerprint density at radius 2 is 1.59 bits per heavy atom. The van der Waals surface area contributed by atoms with Crippen molar-refractivity contribution in [2.75, 3.05) is 0 Å². The van der Waals surface area contributed by atoms with E-state index in [9.17, 15) is 0 Å². The molecule has 0 atom stereocenters. The smallest absolute Gasteiger partial charge is 0.0685 e. The Morgan fingerprint density at radius 3 is 2.32 bits per heavy atom. The van der Waals surface area contributed by atoms with Gasteiger partial charge in [-0.1, -0.05) is 35.3 Å². The maximum absolute atomic E-state index is 6.08. The molecule has 1 aromatic heterocycles. The van der Waals surface area contributed by atoms with Crippen LogP contribution in [0.25, 0.3) is 5.69 Å². The van der Waals surface area contributed by atoms with Gasteiger partial charge in [0.1, 0.15) is 0 Å². The van der Waals surface area contributed by atoms with E-state index < -0.39 is 0 Å². The Morgan fingerprint density at radius 1 is 0.909 bits per heavy atom. The largest absolute Gasteiger partial charge is 0.324 e. The van der Waals surface area contributed by atoms with E-state index in [4.69, 9.17) is 23.2 Å². The third kappa shape index (κ3) is 2.35. The van der Waals surface area contributed by atoms with Gasteiger partial charge in [0.15, 0.2) is 0 Å². The molecule has 0 fully saturated rings. The van der Waals surface area contributed by atoms with Crippen molar-refractivity contribution in [3.8, 4) is 5.69 Å². The molecule has 2 aromatic carbocycles. The summed E-state index contributed by atoms with van der Waals surface area (Å²) in [7, 11) is 0. The molecule has 4 rings (SSSR count). The zero-order chi connectivity index (χ0) is 15.1. The second-order valence-corrected chi connectivity index (χ2v) is 6.08. The molecule has 1 aliphatic heterocycles. The summed E-state index contributed by atoms with van der Waals surface area (Å²) in [5.41, 5.74) is 5.35. The van der Waals surface area contributed by atoms with E-state index in [0.717, 1.165) is 34.6 Å². The van der Waals surface area contributed by atoms with Crippen LogP contribution in [0.4, 0.5) is 5.69 Å². The van der Waals surface area contributed by atoms with Gasteiger partial charge in [0.2, 0.25) is 0 Å². The van der Waals surface area contributed by atoms with Gasteiger partial charge >= 0.3 is 0 Å². The third-order valence-corrected chi connectivity index (χ3v) is 4.56. The van der Waals surface area contributed by atoms with Crippen LogP contribution in [0.15, 0.2) is 65.9 Å². The number of aromatic nitrogens is 1. The molecule has 0 unspecified atom stereocenters. The summed E-state index contributed by atoms with van der Waals surface area (Å²) in [5.74, 6) is 0. The van der Waals surface area contributed by atoms with Crippen molar-refractivity contribution in [1.29, 1.82) is 0 Å². The van der Waals surface area contributed by atoms with E-state index >= 15 is 0 Å². The Labute approximate surface area is 138 Å². The molecule has 0 radical (unpaired) electrons. The summed E-state index contributed by atoms with van der Waals surface area (Å²) in [6.07, 6.45) is 4.85. The lowest BCUT2D eigenvalue weighted by atomic mass is 10.0. The first-order chi connectivity index (χ1) is 10.7. The summed E-state index contributed by atoms with van der Waals surface area (Å²) in [4.78, 5) is 4.68. The number of hydrogen-bond donors (Lipinski definition) is 0. The quantitative estimate of drug-likeness (QED) is 0.595. The SMILES string of the molecule is Clc1cc2c(cc1Cl)N=C(c1ccc(-n3cccc3)cc1)C2. The first-order valence-electron chi connectivity index (χ1n) is 7.00. The average Bonchev–Trinajstić information content (AvgIpc) is 3.17. The highest BCUT2D eigenvalue weighted by Gasteiger charge is 2.17. The van der Waals surface area contributed by atoms with Crippen molar-refractivity contribution in [3.63, 3.8) is 0 Å². The second kappa shape index (κ2) is 5.31. The molecule has 2 nitrogen and oxygen atoms in total. The number of rotatable bonds is 2. The van der Waals surface area contributed by atoms with Crippen LogP contribution in [0.2, 0.25) is 10.0 Å². The normalized spacial score (nSPS) is 13.1. The number of benzene rings is 2. The molecule has 1 aliphatic rings. The van der Waals surface area contributed by atoms with Crippen LogP contribution >= 0.6 is 23.2 Å². The summed E-state index contributed by atoms with van der Waals surface area (Å²) in [5, 5.41) is 1.13. The average molecular weight is 327 g/mol. The molecule has 108 valence electrons. The molecule has 4 heteroatoms. The van der Waals surface area contributed by atoms with Crippen LogP contribution in [-0.4, -0.2) is 10.3 Å². The van der Waals surface area contributed by atoms with Gasteiger partial charge in [0.05, 0.1) is 21.4 Å². The van der Waals surface area contributed by atoms with E-state index in [0.29, 0.717) is 10.0 Å². The van der Waals surface area contributed by atoms with Crippen molar-refractivity contribution >= 4 is 34.6 Å². The highest BCUT2D eigenvalue weighted by Crippen LogP contribution is 2.35. The molecule has 0 bridgehead atoms. The number of aliphatic imine (C=N–C) groups is 1. The molecule has 2 heterocycles. The molecule has 3 aromatic rings. The predicted octanol–water partition coefficient (Wildman–Crippen LogP) is 5.46. The van der Waals surface area contributed by atoms with Crippen molar-refractivity contribution in [1.82, 2.24) is 4.57 Å². The molecule has 22 heavy (non-hydrogen) atoms. The summed E-state index contributed by atoms with van der Waals surface area (Å²) >= 11 is 12.1. The van der Waals surface area contributed by atoms with Crippen molar-refractivity contribution < 1.29 is 0 Å². The van der Waals surface area contributed by atoms with Gasteiger partial charge in [-0.05, 0) is 47.5 Å². The molecular formula is C18H12Cl2N2. The fraction of sp³-hybridized carbons (Fsp3) is 0.0556. The molecule has 0 N–H and O–H groups in total. The summed E-state index contributed by atoms with van der Waals surface area (Å²) in [6, 6.07) is 16.2. The van der Waals surface area contributed by atoms with Gasteiger partial charge in [-0.3, -0.25) is 4.99 Å². The maximum Gasteiger partial charge on any atom is 0.0685 e. The fourth-order valence-corrected chi connectivity index (χ4v) is 3.03. The van der Waals surface area contributed by atoms with E-state index in [1.807, 2.05) is 36.7 Å². The topological polar surface area (TPSA) is 17.3 Å². The zero-order valence-electron chi connectivity index (χ0n) is 11.6. The van der Waals surface area contributed by atoms with Crippen molar-refractivity contribution in [3.05, 3.63) is 82.1 Å². The monoisotopic (exact) mass is 326 g/mol. The number of nitrogens with zero attached hydrogens (tertiary/aromatic N) is 2. The first-order valence-corrected chi connectivity index (χ1v) is 7.75. The molecular weight excluding hydrogens is 315 g/mol. The summed E-state index contributed by atoms with van der Waals surface area (Å²) < 4.78 is 2.08. The minimum Gasteiger partial charge on any atom is -0.324 e. The highest BCUT2D eigenvalue weighted by molar-refractivity contribution is 6.42. The van der Waals surface area contributed by atoms with Gasteiger partial charge < -0.3 is 4.57 Å². The van der Waals surface area contributed by atoms with E-state index in [1.54, 1.807) is 0 Å². The van der Waals surface area contributed by atoms with Gasteiger partial charge in [-0.2, -0.15) is 0 Å². The lowest BCUT2D eigenvalue weighted by molar-refractivity contribution is 1.08. The van der Waals surface area contributed by atoms with Crippen LogP contribution in [0, 0.1) is 0 Å². The minimum absolute atomic E-state index is 0.549. The number of hydrogen-bond acceptors (Lipinski definition) is 1. The van der Waals surface area contributed by atoms with Crippen molar-refractivity contribution in [2.45, 2.75) is 6.42 Å². The predicted molar refractivity (Wildman–Crippen MR) is 92.1 cm³/mol. The lowest BCUT2D eigenvalue weighted by Crippen LogP contribution is -2.00. The lowest BCUT2D eigenvalue weighted by Gasteiger charge is -2.05. The molecule has 0 spiro atoms. The Hall–Kier alpha value is -2.03. The van der Waals surface area contributed by atoms with Gasteiger partial charge in [-0.25, -0.2) is 0 Å². The Kier molecular flexibility index (Phi) is 3.29. The van der Waals surface area contributed by atoms with Crippen molar-refractivity contribution in [2.24, 2.45) is 4.99 Å². The molecule has 0 saturated heterocycles. The number of fused-ring (bicyclic) bond motifs is 1.